The lowest BCUT2D eigenvalue weighted by atomic mass is 10.2. The van der Waals surface area contributed by atoms with Crippen LogP contribution in [-0.4, -0.2) is 69.9 Å². The number of rotatable bonds is 5. The first-order valence-electron chi connectivity index (χ1n) is 8.85. The first kappa shape index (κ1) is 17.6. The summed E-state index contributed by atoms with van der Waals surface area (Å²) >= 11 is 0. The van der Waals surface area contributed by atoms with Gasteiger partial charge >= 0.3 is 0 Å². The van der Waals surface area contributed by atoms with Crippen molar-refractivity contribution in [2.45, 2.75) is 27.2 Å². The molecule has 25 heavy (non-hydrogen) atoms. The second-order valence-electron chi connectivity index (χ2n) is 6.23. The molecule has 0 radical (unpaired) electrons. The summed E-state index contributed by atoms with van der Waals surface area (Å²) in [6, 6.07) is 0. The Morgan fingerprint density at radius 2 is 1.88 bits per heavy atom. The number of carbonyl (C=O) groups excluding carboxylic acids is 1. The first-order valence-corrected chi connectivity index (χ1v) is 8.85. The average Bonchev–Trinajstić information content (AvgIpc) is 2.93. The van der Waals surface area contributed by atoms with Crippen LogP contribution in [0.5, 0.6) is 0 Å². The molecular formula is C17H26N6O2. The number of aromatic nitrogens is 4. The highest BCUT2D eigenvalue weighted by molar-refractivity contribution is 5.88. The van der Waals surface area contributed by atoms with E-state index in [1.807, 2.05) is 30.5 Å². The van der Waals surface area contributed by atoms with E-state index in [0.29, 0.717) is 19.7 Å². The Labute approximate surface area is 147 Å². The van der Waals surface area contributed by atoms with Crippen molar-refractivity contribution in [1.29, 1.82) is 0 Å². The third-order valence-corrected chi connectivity index (χ3v) is 4.56. The van der Waals surface area contributed by atoms with Gasteiger partial charge in [-0.15, -0.1) is 0 Å². The molecule has 1 amide bonds. The molecule has 3 rings (SSSR count). The van der Waals surface area contributed by atoms with Crippen molar-refractivity contribution < 1.29 is 9.53 Å². The van der Waals surface area contributed by atoms with Gasteiger partial charge in [0, 0.05) is 46.3 Å². The monoisotopic (exact) mass is 346 g/mol. The highest BCUT2D eigenvalue weighted by Crippen LogP contribution is 2.26. The Kier molecular flexibility index (Phi) is 5.17. The standard InChI is InChI=1S/C17H26N6O2/c1-5-13-18-15-12(3)20-21(4)16(15)17(19-13)23-9-7-22(8-10-23)14(24)11-25-6-2/h5-11H2,1-4H3. The van der Waals surface area contributed by atoms with Crippen LogP contribution in [0, 0.1) is 6.92 Å². The minimum absolute atomic E-state index is 0.0555. The highest BCUT2D eigenvalue weighted by atomic mass is 16.5. The predicted molar refractivity (Wildman–Crippen MR) is 95.7 cm³/mol. The van der Waals surface area contributed by atoms with Gasteiger partial charge in [-0.25, -0.2) is 9.97 Å². The van der Waals surface area contributed by atoms with Crippen LogP contribution in [0.15, 0.2) is 0 Å². The summed E-state index contributed by atoms with van der Waals surface area (Å²) in [5, 5.41) is 4.50. The van der Waals surface area contributed by atoms with E-state index in [9.17, 15) is 4.79 Å². The van der Waals surface area contributed by atoms with Crippen LogP contribution in [0.4, 0.5) is 5.82 Å². The summed E-state index contributed by atoms with van der Waals surface area (Å²) in [5.74, 6) is 1.80. The quantitative estimate of drug-likeness (QED) is 0.801. The molecule has 8 heteroatoms. The molecule has 1 aliphatic rings. The van der Waals surface area contributed by atoms with Gasteiger partial charge in [0.2, 0.25) is 5.91 Å². The normalized spacial score (nSPS) is 15.2. The summed E-state index contributed by atoms with van der Waals surface area (Å²) in [5.41, 5.74) is 2.80. The number of carbonyl (C=O) groups is 1. The highest BCUT2D eigenvalue weighted by Gasteiger charge is 2.25. The molecule has 0 aromatic carbocycles. The minimum Gasteiger partial charge on any atom is -0.372 e. The minimum atomic E-state index is 0.0555. The molecule has 0 spiro atoms. The molecule has 0 N–H and O–H groups in total. The maximum absolute atomic E-state index is 12.1. The molecule has 2 aromatic rings. The lowest BCUT2D eigenvalue weighted by Crippen LogP contribution is -2.50. The van der Waals surface area contributed by atoms with Gasteiger partial charge < -0.3 is 14.5 Å². The van der Waals surface area contributed by atoms with E-state index in [1.54, 1.807) is 0 Å². The van der Waals surface area contributed by atoms with Crippen LogP contribution in [0.1, 0.15) is 25.4 Å². The number of nitrogens with zero attached hydrogens (tertiary/aromatic N) is 6. The summed E-state index contributed by atoms with van der Waals surface area (Å²) in [4.78, 5) is 25.6. The van der Waals surface area contributed by atoms with Gasteiger partial charge in [-0.2, -0.15) is 5.10 Å². The van der Waals surface area contributed by atoms with Crippen molar-refractivity contribution in [3.8, 4) is 0 Å². The molecule has 0 bridgehead atoms. The molecule has 0 unspecified atom stereocenters. The number of piperazine rings is 1. The molecule has 3 heterocycles. The Hall–Kier alpha value is -2.22. The van der Waals surface area contributed by atoms with Crippen LogP contribution in [-0.2, 0) is 23.0 Å². The Morgan fingerprint density at radius 3 is 2.52 bits per heavy atom. The summed E-state index contributed by atoms with van der Waals surface area (Å²) in [7, 11) is 1.93. The third-order valence-electron chi connectivity index (χ3n) is 4.56. The van der Waals surface area contributed by atoms with Crippen LogP contribution in [0.2, 0.25) is 0 Å². The Morgan fingerprint density at radius 1 is 1.16 bits per heavy atom. The van der Waals surface area contributed by atoms with Crippen LogP contribution >= 0.6 is 0 Å². The molecule has 0 atom stereocenters. The number of amides is 1. The van der Waals surface area contributed by atoms with Gasteiger partial charge in [0.25, 0.3) is 0 Å². The van der Waals surface area contributed by atoms with Gasteiger partial charge in [0.1, 0.15) is 23.5 Å². The van der Waals surface area contributed by atoms with Gasteiger partial charge in [-0.3, -0.25) is 9.48 Å². The van der Waals surface area contributed by atoms with E-state index < -0.39 is 0 Å². The zero-order valence-corrected chi connectivity index (χ0v) is 15.4. The van der Waals surface area contributed by atoms with Crippen molar-refractivity contribution in [2.75, 3.05) is 44.3 Å². The van der Waals surface area contributed by atoms with E-state index in [-0.39, 0.29) is 12.5 Å². The van der Waals surface area contributed by atoms with Crippen molar-refractivity contribution in [2.24, 2.45) is 7.05 Å². The molecule has 0 saturated carbocycles. The fourth-order valence-electron chi connectivity index (χ4n) is 3.19. The lowest BCUT2D eigenvalue weighted by molar-refractivity contribution is -0.136. The van der Waals surface area contributed by atoms with Crippen molar-refractivity contribution in [1.82, 2.24) is 24.6 Å². The Bertz CT molecular complexity index is 764. The van der Waals surface area contributed by atoms with E-state index in [1.165, 1.54) is 0 Å². The number of ether oxygens (including phenoxy) is 1. The predicted octanol–water partition coefficient (Wildman–Crippen LogP) is 0.919. The fraction of sp³-hybridized carbons (Fsp3) is 0.647. The van der Waals surface area contributed by atoms with Crippen LogP contribution in [0.25, 0.3) is 11.0 Å². The number of aryl methyl sites for hydroxylation is 3. The first-order chi connectivity index (χ1) is 12.0. The Balaban J connectivity index is 1.82. The van der Waals surface area contributed by atoms with E-state index in [4.69, 9.17) is 9.72 Å². The molecule has 136 valence electrons. The molecule has 1 fully saturated rings. The summed E-state index contributed by atoms with van der Waals surface area (Å²) in [6.45, 7) is 9.50. The second-order valence-corrected chi connectivity index (χ2v) is 6.23. The number of hydrogen-bond acceptors (Lipinski definition) is 6. The number of hydrogen-bond donors (Lipinski definition) is 0. The maximum Gasteiger partial charge on any atom is 0.248 e. The van der Waals surface area contributed by atoms with Crippen LogP contribution < -0.4 is 4.90 Å². The zero-order chi connectivity index (χ0) is 18.0. The van der Waals surface area contributed by atoms with E-state index in [2.05, 4.69) is 21.9 Å². The molecule has 2 aromatic heterocycles. The van der Waals surface area contributed by atoms with Crippen LogP contribution in [0.3, 0.4) is 0 Å². The SMILES string of the molecule is CCOCC(=O)N1CCN(c2nc(CC)nc3c(C)nn(C)c23)CC1. The number of anilines is 1. The van der Waals surface area contributed by atoms with Gasteiger partial charge in [0.05, 0.1) is 5.69 Å². The van der Waals surface area contributed by atoms with Gasteiger partial charge in [-0.05, 0) is 13.8 Å². The molecule has 1 saturated heterocycles. The maximum atomic E-state index is 12.1. The fourth-order valence-corrected chi connectivity index (χ4v) is 3.19. The average molecular weight is 346 g/mol. The number of fused-ring (bicyclic) bond motifs is 1. The lowest BCUT2D eigenvalue weighted by Gasteiger charge is -2.35. The van der Waals surface area contributed by atoms with Crippen molar-refractivity contribution in [3.63, 3.8) is 0 Å². The molecule has 8 nitrogen and oxygen atoms in total. The molecule has 0 aliphatic carbocycles. The second kappa shape index (κ2) is 7.35. The van der Waals surface area contributed by atoms with Crippen molar-refractivity contribution >= 4 is 22.8 Å². The molecular weight excluding hydrogens is 320 g/mol. The van der Waals surface area contributed by atoms with E-state index in [0.717, 1.165) is 47.9 Å². The van der Waals surface area contributed by atoms with Gasteiger partial charge in [0.15, 0.2) is 5.82 Å². The van der Waals surface area contributed by atoms with E-state index >= 15 is 0 Å². The third kappa shape index (κ3) is 3.44. The van der Waals surface area contributed by atoms with Gasteiger partial charge in [-0.1, -0.05) is 6.92 Å². The largest absolute Gasteiger partial charge is 0.372 e. The smallest absolute Gasteiger partial charge is 0.248 e. The topological polar surface area (TPSA) is 76.4 Å². The molecule has 1 aliphatic heterocycles. The summed E-state index contributed by atoms with van der Waals surface area (Å²) in [6.07, 6.45) is 0.782. The zero-order valence-electron chi connectivity index (χ0n) is 15.4. The van der Waals surface area contributed by atoms with Crippen molar-refractivity contribution in [3.05, 3.63) is 11.5 Å². The summed E-state index contributed by atoms with van der Waals surface area (Å²) < 4.78 is 7.08.